The highest BCUT2D eigenvalue weighted by molar-refractivity contribution is 5.38. The molecule has 1 rings (SSSR count). The van der Waals surface area contributed by atoms with Crippen molar-refractivity contribution >= 4 is 0 Å². The van der Waals surface area contributed by atoms with Gasteiger partial charge >= 0.3 is 0 Å². The van der Waals surface area contributed by atoms with Crippen LogP contribution in [0.5, 0.6) is 5.75 Å². The molecule has 0 aliphatic rings. The molecule has 0 bridgehead atoms. The molecule has 2 atom stereocenters. The molecule has 114 valence electrons. The molecule has 0 amide bonds. The number of ether oxygens (including phenoxy) is 1. The van der Waals surface area contributed by atoms with Crippen LogP contribution < -0.4 is 10.1 Å². The zero-order valence-electron chi connectivity index (χ0n) is 13.9. The lowest BCUT2D eigenvalue weighted by Gasteiger charge is -2.25. The lowest BCUT2D eigenvalue weighted by atomic mass is 10.0. The van der Waals surface area contributed by atoms with Crippen molar-refractivity contribution in [3.8, 4) is 5.75 Å². The number of rotatable bonds is 8. The fraction of sp³-hybridized carbons (Fsp3) is 0.647. The van der Waals surface area contributed by atoms with E-state index in [-0.39, 0.29) is 0 Å². The van der Waals surface area contributed by atoms with Gasteiger partial charge in [0.05, 0.1) is 7.11 Å². The number of hydrogen-bond acceptors (Lipinski definition) is 3. The van der Waals surface area contributed by atoms with Gasteiger partial charge in [-0.05, 0) is 40.3 Å². The first-order valence-corrected chi connectivity index (χ1v) is 7.57. The van der Waals surface area contributed by atoms with Crippen molar-refractivity contribution in [2.45, 2.75) is 46.2 Å². The highest BCUT2D eigenvalue weighted by atomic mass is 16.5. The summed E-state index contributed by atoms with van der Waals surface area (Å²) in [5, 5.41) is 3.59. The lowest BCUT2D eigenvalue weighted by Crippen LogP contribution is -2.35. The molecule has 0 radical (unpaired) electrons. The van der Waals surface area contributed by atoms with Crippen LogP contribution in [0.15, 0.2) is 18.2 Å². The van der Waals surface area contributed by atoms with E-state index in [0.717, 1.165) is 18.8 Å². The monoisotopic (exact) mass is 278 g/mol. The van der Waals surface area contributed by atoms with Crippen LogP contribution in [0.3, 0.4) is 0 Å². The van der Waals surface area contributed by atoms with Crippen molar-refractivity contribution in [1.82, 2.24) is 10.2 Å². The predicted octanol–water partition coefficient (Wildman–Crippen LogP) is 3.38. The summed E-state index contributed by atoms with van der Waals surface area (Å²) in [6.45, 7) is 10.9. The number of nitrogens with one attached hydrogen (secondary N) is 1. The molecule has 0 aromatic heterocycles. The van der Waals surface area contributed by atoms with Gasteiger partial charge in [-0.2, -0.15) is 0 Å². The van der Waals surface area contributed by atoms with Crippen molar-refractivity contribution in [2.75, 3.05) is 27.2 Å². The summed E-state index contributed by atoms with van der Waals surface area (Å²) in [5.41, 5.74) is 2.50. The van der Waals surface area contributed by atoms with Gasteiger partial charge in [0.25, 0.3) is 0 Å². The maximum Gasteiger partial charge on any atom is 0.123 e. The summed E-state index contributed by atoms with van der Waals surface area (Å²) < 4.78 is 5.45. The van der Waals surface area contributed by atoms with Gasteiger partial charge in [0, 0.05) is 30.7 Å². The van der Waals surface area contributed by atoms with Gasteiger partial charge in [-0.25, -0.2) is 0 Å². The molecule has 3 heteroatoms. The fourth-order valence-electron chi connectivity index (χ4n) is 2.29. The molecule has 1 aromatic carbocycles. The largest absolute Gasteiger partial charge is 0.496 e. The zero-order chi connectivity index (χ0) is 15.1. The molecule has 20 heavy (non-hydrogen) atoms. The van der Waals surface area contributed by atoms with Crippen molar-refractivity contribution < 1.29 is 4.74 Å². The maximum absolute atomic E-state index is 5.45. The quantitative estimate of drug-likeness (QED) is 0.789. The second-order valence-corrected chi connectivity index (χ2v) is 5.66. The van der Waals surface area contributed by atoms with Crippen LogP contribution in [-0.4, -0.2) is 38.2 Å². The molecule has 0 heterocycles. The minimum atomic E-state index is 0.301. The Morgan fingerprint density at radius 1 is 1.30 bits per heavy atom. The summed E-state index contributed by atoms with van der Waals surface area (Å²) >= 11 is 0. The summed E-state index contributed by atoms with van der Waals surface area (Å²) in [6.07, 6.45) is 1.19. The molecule has 1 N–H and O–H groups in total. The third kappa shape index (κ3) is 4.80. The SMILES string of the molecule is CCC(C)N(C)CCNC(C)c1cc(C)ccc1OC. The van der Waals surface area contributed by atoms with Crippen LogP contribution in [0.25, 0.3) is 0 Å². The van der Waals surface area contributed by atoms with Gasteiger partial charge in [-0.1, -0.05) is 24.6 Å². The Balaban J connectivity index is 2.54. The summed E-state index contributed by atoms with van der Waals surface area (Å²) in [6, 6.07) is 7.28. The third-order valence-electron chi connectivity index (χ3n) is 4.11. The summed E-state index contributed by atoms with van der Waals surface area (Å²) in [7, 11) is 3.92. The molecule has 0 saturated carbocycles. The molecular weight excluding hydrogens is 248 g/mol. The first-order valence-electron chi connectivity index (χ1n) is 7.57. The normalized spacial score (nSPS) is 14.3. The smallest absolute Gasteiger partial charge is 0.123 e. The van der Waals surface area contributed by atoms with Crippen LogP contribution in [0, 0.1) is 6.92 Å². The summed E-state index contributed by atoms with van der Waals surface area (Å²) in [5.74, 6) is 0.964. The van der Waals surface area contributed by atoms with Gasteiger partial charge < -0.3 is 15.0 Å². The van der Waals surface area contributed by atoms with Gasteiger partial charge in [-0.15, -0.1) is 0 Å². The highest BCUT2D eigenvalue weighted by Gasteiger charge is 2.12. The van der Waals surface area contributed by atoms with Crippen LogP contribution in [-0.2, 0) is 0 Å². The maximum atomic E-state index is 5.45. The van der Waals surface area contributed by atoms with E-state index in [1.807, 2.05) is 6.07 Å². The highest BCUT2D eigenvalue weighted by Crippen LogP contribution is 2.25. The Kier molecular flexibility index (Phi) is 7.03. The van der Waals surface area contributed by atoms with Crippen molar-refractivity contribution in [2.24, 2.45) is 0 Å². The topological polar surface area (TPSA) is 24.5 Å². The number of methoxy groups -OCH3 is 1. The van der Waals surface area contributed by atoms with Crippen LogP contribution in [0.2, 0.25) is 0 Å². The van der Waals surface area contributed by atoms with Gasteiger partial charge in [0.2, 0.25) is 0 Å². The number of benzene rings is 1. The molecule has 0 fully saturated rings. The van der Waals surface area contributed by atoms with Crippen LogP contribution in [0.1, 0.15) is 44.4 Å². The Morgan fingerprint density at radius 3 is 2.60 bits per heavy atom. The molecule has 1 aromatic rings. The van der Waals surface area contributed by atoms with Crippen LogP contribution in [0.4, 0.5) is 0 Å². The Morgan fingerprint density at radius 2 is 2.00 bits per heavy atom. The molecule has 0 saturated heterocycles. The van der Waals surface area contributed by atoms with E-state index in [0.29, 0.717) is 12.1 Å². The third-order valence-corrected chi connectivity index (χ3v) is 4.11. The van der Waals surface area contributed by atoms with E-state index in [4.69, 9.17) is 4.74 Å². The van der Waals surface area contributed by atoms with Gasteiger partial charge in [0.15, 0.2) is 0 Å². The van der Waals surface area contributed by atoms with Crippen molar-refractivity contribution in [3.05, 3.63) is 29.3 Å². The van der Waals surface area contributed by atoms with E-state index >= 15 is 0 Å². The van der Waals surface area contributed by atoms with Crippen LogP contribution >= 0.6 is 0 Å². The zero-order valence-corrected chi connectivity index (χ0v) is 13.9. The standard InChI is InChI=1S/C17H30N2O/c1-7-14(3)19(5)11-10-18-15(4)16-12-13(2)8-9-17(16)20-6/h8-9,12,14-15,18H,7,10-11H2,1-6H3. The second-order valence-electron chi connectivity index (χ2n) is 5.66. The Hall–Kier alpha value is -1.06. The van der Waals surface area contributed by atoms with E-state index in [1.54, 1.807) is 7.11 Å². The first-order chi connectivity index (χ1) is 9.49. The Labute approximate surface area is 124 Å². The number of aryl methyl sites for hydroxylation is 1. The number of hydrogen-bond donors (Lipinski definition) is 1. The fourth-order valence-corrected chi connectivity index (χ4v) is 2.29. The molecular formula is C17H30N2O. The molecule has 0 spiro atoms. The van der Waals surface area contributed by atoms with E-state index in [2.05, 4.69) is 57.1 Å². The van der Waals surface area contributed by atoms with Gasteiger partial charge in [0.1, 0.15) is 5.75 Å². The Bertz CT molecular complexity index is 406. The van der Waals surface area contributed by atoms with E-state index in [1.165, 1.54) is 17.5 Å². The minimum absolute atomic E-state index is 0.301. The van der Waals surface area contributed by atoms with Crippen molar-refractivity contribution in [3.63, 3.8) is 0 Å². The van der Waals surface area contributed by atoms with Gasteiger partial charge in [-0.3, -0.25) is 0 Å². The second kappa shape index (κ2) is 8.28. The average molecular weight is 278 g/mol. The minimum Gasteiger partial charge on any atom is -0.496 e. The molecule has 0 aliphatic carbocycles. The van der Waals surface area contributed by atoms with E-state index < -0.39 is 0 Å². The predicted molar refractivity (Wildman–Crippen MR) is 86.5 cm³/mol. The molecule has 2 unspecified atom stereocenters. The summed E-state index contributed by atoms with van der Waals surface area (Å²) in [4.78, 5) is 2.40. The average Bonchev–Trinajstić information content (AvgIpc) is 2.45. The lowest BCUT2D eigenvalue weighted by molar-refractivity contribution is 0.249. The first kappa shape index (κ1) is 17.0. The number of nitrogens with zero attached hydrogens (tertiary/aromatic N) is 1. The van der Waals surface area contributed by atoms with Crippen molar-refractivity contribution in [1.29, 1.82) is 0 Å². The molecule has 0 aliphatic heterocycles. The molecule has 3 nitrogen and oxygen atoms in total. The van der Waals surface area contributed by atoms with E-state index in [9.17, 15) is 0 Å². The number of likely N-dealkylation sites (N-methyl/N-ethyl adjacent to an activating group) is 1.